The molecular weight excluding hydrogens is 416 g/mol. The summed E-state index contributed by atoms with van der Waals surface area (Å²) in [6, 6.07) is 15.9. The number of anilines is 1. The van der Waals surface area contributed by atoms with Gasteiger partial charge in [0.05, 0.1) is 17.1 Å². The fraction of sp³-hybridized carbons (Fsp3) is 0.158. The first-order chi connectivity index (χ1) is 12.0. The maximum Gasteiger partial charge on any atom is 0.266 e. The Morgan fingerprint density at radius 3 is 2.56 bits per heavy atom. The number of thioether (sulfide) groups is 1. The normalized spacial score (nSPS) is 16.0. The van der Waals surface area contributed by atoms with Crippen LogP contribution in [0.4, 0.5) is 5.69 Å². The Hall–Kier alpha value is -1.63. The summed E-state index contributed by atoms with van der Waals surface area (Å²) in [7, 11) is 3.99. The molecule has 3 nitrogen and oxygen atoms in total. The van der Waals surface area contributed by atoms with Gasteiger partial charge in [0.15, 0.2) is 0 Å². The molecule has 25 heavy (non-hydrogen) atoms. The molecule has 1 aliphatic rings. The smallest absolute Gasteiger partial charge is 0.266 e. The van der Waals surface area contributed by atoms with Gasteiger partial charge in [-0.3, -0.25) is 9.69 Å². The van der Waals surface area contributed by atoms with Gasteiger partial charge in [-0.1, -0.05) is 60.4 Å². The molecule has 2 aromatic carbocycles. The third-order valence-corrected chi connectivity index (χ3v) is 5.82. The van der Waals surface area contributed by atoms with E-state index in [4.69, 9.17) is 12.2 Å². The van der Waals surface area contributed by atoms with Crippen molar-refractivity contribution >= 4 is 61.9 Å². The van der Waals surface area contributed by atoms with Gasteiger partial charge in [-0.25, -0.2) is 0 Å². The summed E-state index contributed by atoms with van der Waals surface area (Å²) >= 11 is 10.3. The molecule has 0 unspecified atom stereocenters. The van der Waals surface area contributed by atoms with Crippen molar-refractivity contribution in [2.75, 3.05) is 19.0 Å². The third-order valence-electron chi connectivity index (χ3n) is 3.81. The summed E-state index contributed by atoms with van der Waals surface area (Å²) in [6.07, 6.45) is 1.90. The predicted molar refractivity (Wildman–Crippen MR) is 114 cm³/mol. The van der Waals surface area contributed by atoms with E-state index in [1.165, 1.54) is 11.8 Å². The predicted octanol–water partition coefficient (Wildman–Crippen LogP) is 4.92. The van der Waals surface area contributed by atoms with Crippen LogP contribution in [0.5, 0.6) is 0 Å². The van der Waals surface area contributed by atoms with E-state index in [9.17, 15) is 4.79 Å². The zero-order chi connectivity index (χ0) is 18.0. The maximum atomic E-state index is 12.7. The first-order valence-corrected chi connectivity index (χ1v) is 9.73. The molecule has 0 aromatic heterocycles. The number of carbonyl (C=O) groups is 1. The van der Waals surface area contributed by atoms with Gasteiger partial charge in [-0.05, 0) is 45.3 Å². The van der Waals surface area contributed by atoms with Gasteiger partial charge in [-0.15, -0.1) is 0 Å². The molecule has 0 saturated carbocycles. The summed E-state index contributed by atoms with van der Waals surface area (Å²) < 4.78 is 1.59. The molecule has 0 radical (unpaired) electrons. The van der Waals surface area contributed by atoms with Gasteiger partial charge in [0.1, 0.15) is 4.32 Å². The van der Waals surface area contributed by atoms with Gasteiger partial charge >= 0.3 is 0 Å². The Balaban J connectivity index is 1.82. The minimum absolute atomic E-state index is 0.0355. The summed E-state index contributed by atoms with van der Waals surface area (Å²) in [4.78, 5) is 17.1. The highest BCUT2D eigenvalue weighted by atomic mass is 79.9. The molecule has 0 bridgehead atoms. The van der Waals surface area contributed by atoms with E-state index in [-0.39, 0.29) is 5.91 Å². The van der Waals surface area contributed by atoms with Crippen molar-refractivity contribution in [2.45, 2.75) is 6.54 Å². The third kappa shape index (κ3) is 4.14. The van der Waals surface area contributed by atoms with Crippen molar-refractivity contribution in [2.24, 2.45) is 0 Å². The van der Waals surface area contributed by atoms with Crippen LogP contribution in [0.3, 0.4) is 0 Å². The van der Waals surface area contributed by atoms with Gasteiger partial charge < -0.3 is 4.90 Å². The van der Waals surface area contributed by atoms with Crippen LogP contribution in [0.1, 0.15) is 11.1 Å². The number of hydrogen-bond acceptors (Lipinski definition) is 4. The number of amides is 1. The molecule has 0 N–H and O–H groups in total. The van der Waals surface area contributed by atoms with Gasteiger partial charge in [0, 0.05) is 18.6 Å². The van der Waals surface area contributed by atoms with Crippen molar-refractivity contribution in [3.8, 4) is 0 Å². The maximum absolute atomic E-state index is 12.7. The second-order valence-corrected chi connectivity index (χ2v) is 8.39. The van der Waals surface area contributed by atoms with Gasteiger partial charge in [0.25, 0.3) is 5.91 Å². The first-order valence-electron chi connectivity index (χ1n) is 7.72. The highest BCUT2D eigenvalue weighted by molar-refractivity contribution is 9.10. The molecule has 1 aliphatic heterocycles. The second-order valence-electron chi connectivity index (χ2n) is 5.86. The van der Waals surface area contributed by atoms with Crippen molar-refractivity contribution in [3.05, 3.63) is 69.0 Å². The molecule has 1 amide bonds. The van der Waals surface area contributed by atoms with Crippen molar-refractivity contribution < 1.29 is 4.79 Å². The summed E-state index contributed by atoms with van der Waals surface area (Å²) in [5.74, 6) is -0.0355. The number of benzene rings is 2. The number of carbonyl (C=O) groups excluding carboxylic acids is 1. The van der Waals surface area contributed by atoms with Gasteiger partial charge in [0.2, 0.25) is 0 Å². The van der Waals surface area contributed by atoms with Crippen LogP contribution >= 0.6 is 39.9 Å². The fourth-order valence-electron chi connectivity index (χ4n) is 2.53. The number of halogens is 1. The number of rotatable bonds is 4. The minimum atomic E-state index is -0.0355. The lowest BCUT2D eigenvalue weighted by Crippen LogP contribution is -2.27. The van der Waals surface area contributed by atoms with Crippen molar-refractivity contribution in [1.82, 2.24) is 4.90 Å². The molecule has 1 heterocycles. The van der Waals surface area contributed by atoms with E-state index in [2.05, 4.69) is 15.9 Å². The minimum Gasteiger partial charge on any atom is -0.377 e. The largest absolute Gasteiger partial charge is 0.377 e. The van der Waals surface area contributed by atoms with E-state index in [1.807, 2.05) is 73.6 Å². The zero-order valence-electron chi connectivity index (χ0n) is 13.9. The topological polar surface area (TPSA) is 23.6 Å². The highest BCUT2D eigenvalue weighted by Gasteiger charge is 2.31. The van der Waals surface area contributed by atoms with Crippen LogP contribution in [0, 0.1) is 0 Å². The standard InChI is InChI=1S/C19H17BrN2OS2/c1-21(2)16-9-8-14(10-15(16)20)11-17-18(23)22(19(24)25-17)12-13-6-4-3-5-7-13/h3-11H,12H2,1-2H3. The molecule has 2 aromatic rings. The van der Waals surface area contributed by atoms with E-state index >= 15 is 0 Å². The Morgan fingerprint density at radius 1 is 1.20 bits per heavy atom. The zero-order valence-corrected chi connectivity index (χ0v) is 17.1. The molecule has 0 spiro atoms. The lowest BCUT2D eigenvalue weighted by molar-refractivity contribution is -0.122. The van der Waals surface area contributed by atoms with Crippen molar-refractivity contribution in [1.29, 1.82) is 0 Å². The summed E-state index contributed by atoms with van der Waals surface area (Å²) in [5.41, 5.74) is 3.13. The SMILES string of the molecule is CN(C)c1ccc(C=C2SC(=S)N(Cc3ccccc3)C2=O)cc1Br. The monoisotopic (exact) mass is 432 g/mol. The van der Waals surface area contributed by atoms with E-state index in [0.717, 1.165) is 21.3 Å². The van der Waals surface area contributed by atoms with Crippen LogP contribution in [-0.2, 0) is 11.3 Å². The number of hydrogen-bond donors (Lipinski definition) is 0. The lowest BCUT2D eigenvalue weighted by Gasteiger charge is -2.15. The average Bonchev–Trinajstić information content (AvgIpc) is 2.83. The first kappa shape index (κ1) is 18.2. The van der Waals surface area contributed by atoms with Crippen LogP contribution < -0.4 is 4.90 Å². The summed E-state index contributed by atoms with van der Waals surface area (Å²) in [6.45, 7) is 0.506. The number of thiocarbonyl (C=S) groups is 1. The fourth-order valence-corrected chi connectivity index (χ4v) is 4.54. The Morgan fingerprint density at radius 2 is 1.92 bits per heavy atom. The van der Waals surface area contributed by atoms with Crippen LogP contribution in [0.25, 0.3) is 6.08 Å². The average molecular weight is 433 g/mol. The van der Waals surface area contributed by atoms with Crippen LogP contribution in [-0.4, -0.2) is 29.2 Å². The Labute approximate surface area is 165 Å². The highest BCUT2D eigenvalue weighted by Crippen LogP contribution is 2.34. The molecule has 1 saturated heterocycles. The molecule has 1 fully saturated rings. The summed E-state index contributed by atoms with van der Waals surface area (Å²) in [5, 5.41) is 0. The lowest BCUT2D eigenvalue weighted by atomic mass is 10.1. The molecule has 3 rings (SSSR count). The molecular formula is C19H17BrN2OS2. The Kier molecular flexibility index (Phi) is 5.61. The Bertz CT molecular complexity index is 850. The quantitative estimate of drug-likeness (QED) is 0.505. The van der Waals surface area contributed by atoms with Gasteiger partial charge in [-0.2, -0.15) is 0 Å². The van der Waals surface area contributed by atoms with Crippen molar-refractivity contribution in [3.63, 3.8) is 0 Å². The molecule has 6 heteroatoms. The molecule has 0 atom stereocenters. The molecule has 128 valence electrons. The van der Waals surface area contributed by atoms with Crippen LogP contribution in [0.2, 0.25) is 0 Å². The second kappa shape index (κ2) is 7.72. The van der Waals surface area contributed by atoms with E-state index < -0.39 is 0 Å². The number of nitrogens with zero attached hydrogens (tertiary/aromatic N) is 2. The van der Waals surface area contributed by atoms with E-state index in [0.29, 0.717) is 15.8 Å². The van der Waals surface area contributed by atoms with E-state index in [1.54, 1.807) is 4.90 Å². The molecule has 0 aliphatic carbocycles. The van der Waals surface area contributed by atoms with Crippen LogP contribution in [0.15, 0.2) is 57.9 Å².